The predicted molar refractivity (Wildman–Crippen MR) is 77.9 cm³/mol. The van der Waals surface area contributed by atoms with Crippen molar-refractivity contribution in [2.24, 2.45) is 0 Å². The zero-order valence-corrected chi connectivity index (χ0v) is 12.2. The Morgan fingerprint density at radius 2 is 2.18 bits per heavy atom. The number of aromatic nitrogens is 3. The highest BCUT2D eigenvalue weighted by Gasteiger charge is 2.30. The van der Waals surface area contributed by atoms with E-state index < -0.39 is 0 Å². The van der Waals surface area contributed by atoms with Crippen molar-refractivity contribution in [3.63, 3.8) is 0 Å². The molecular formula is C15H18N4O3. The highest BCUT2D eigenvalue weighted by Crippen LogP contribution is 2.22. The third-order valence-electron chi connectivity index (χ3n) is 3.90. The van der Waals surface area contributed by atoms with E-state index in [0.717, 1.165) is 24.8 Å². The van der Waals surface area contributed by atoms with Crippen molar-refractivity contribution >= 4 is 5.91 Å². The van der Waals surface area contributed by atoms with Crippen LogP contribution >= 0.6 is 0 Å². The molecule has 0 spiro atoms. The third-order valence-corrected chi connectivity index (χ3v) is 3.90. The van der Waals surface area contributed by atoms with Crippen molar-refractivity contribution in [3.05, 3.63) is 30.4 Å². The molecule has 1 saturated heterocycles. The average molecular weight is 302 g/mol. The summed E-state index contributed by atoms with van der Waals surface area (Å²) in [6.45, 7) is 0.733. The van der Waals surface area contributed by atoms with E-state index in [4.69, 9.17) is 9.63 Å². The average Bonchev–Trinajstić information content (AvgIpc) is 3.06. The number of likely N-dealkylation sites (tertiary alicyclic amines) is 1. The highest BCUT2D eigenvalue weighted by molar-refractivity contribution is 5.90. The second kappa shape index (κ2) is 6.65. The first kappa shape index (κ1) is 14.6. The molecule has 2 aromatic heterocycles. The molecule has 1 fully saturated rings. The SMILES string of the molecule is O=C(c1nc(-c2ccncc2)no1)N1CCCCC1CCO. The van der Waals surface area contributed by atoms with Crippen LogP contribution in [0.5, 0.6) is 0 Å². The van der Waals surface area contributed by atoms with E-state index in [2.05, 4.69) is 15.1 Å². The molecule has 1 aliphatic heterocycles. The van der Waals surface area contributed by atoms with Gasteiger partial charge in [0.2, 0.25) is 5.82 Å². The van der Waals surface area contributed by atoms with Gasteiger partial charge in [0.05, 0.1) is 0 Å². The number of amides is 1. The second-order valence-corrected chi connectivity index (χ2v) is 5.32. The van der Waals surface area contributed by atoms with Crippen LogP contribution in [0, 0.1) is 0 Å². The lowest BCUT2D eigenvalue weighted by atomic mass is 9.99. The number of hydrogen-bond acceptors (Lipinski definition) is 6. The molecule has 1 atom stereocenters. The minimum Gasteiger partial charge on any atom is -0.396 e. The molecule has 116 valence electrons. The molecule has 22 heavy (non-hydrogen) atoms. The molecule has 1 aliphatic rings. The van der Waals surface area contributed by atoms with Gasteiger partial charge in [-0.1, -0.05) is 5.16 Å². The van der Waals surface area contributed by atoms with Crippen LogP contribution in [0.25, 0.3) is 11.4 Å². The van der Waals surface area contributed by atoms with E-state index in [0.29, 0.717) is 18.8 Å². The molecule has 1 unspecified atom stereocenters. The molecular weight excluding hydrogens is 284 g/mol. The number of carbonyl (C=O) groups excluding carboxylic acids is 1. The Morgan fingerprint density at radius 1 is 1.36 bits per heavy atom. The van der Waals surface area contributed by atoms with E-state index in [1.807, 2.05) is 0 Å². The van der Waals surface area contributed by atoms with Gasteiger partial charge in [-0.25, -0.2) is 0 Å². The molecule has 3 heterocycles. The summed E-state index contributed by atoms with van der Waals surface area (Å²) in [6, 6.07) is 3.56. The fourth-order valence-electron chi connectivity index (χ4n) is 2.77. The Hall–Kier alpha value is -2.28. The maximum atomic E-state index is 12.6. The maximum Gasteiger partial charge on any atom is 0.316 e. The molecule has 0 aromatic carbocycles. The van der Waals surface area contributed by atoms with E-state index in [1.54, 1.807) is 29.4 Å². The summed E-state index contributed by atoms with van der Waals surface area (Å²) >= 11 is 0. The van der Waals surface area contributed by atoms with E-state index in [9.17, 15) is 4.79 Å². The fraction of sp³-hybridized carbons (Fsp3) is 0.467. The lowest BCUT2D eigenvalue weighted by Gasteiger charge is -2.34. The van der Waals surface area contributed by atoms with Crippen LogP contribution in [0.2, 0.25) is 0 Å². The summed E-state index contributed by atoms with van der Waals surface area (Å²) in [6.07, 6.45) is 6.78. The summed E-state index contributed by atoms with van der Waals surface area (Å²) in [5.41, 5.74) is 0.753. The Balaban J connectivity index is 1.78. The summed E-state index contributed by atoms with van der Waals surface area (Å²) in [5.74, 6) is 0.115. The van der Waals surface area contributed by atoms with Gasteiger partial charge < -0.3 is 14.5 Å². The fourth-order valence-corrected chi connectivity index (χ4v) is 2.77. The predicted octanol–water partition coefficient (Wildman–Crippen LogP) is 1.51. The molecule has 2 aromatic rings. The van der Waals surface area contributed by atoms with Crippen LogP contribution in [0.3, 0.4) is 0 Å². The maximum absolute atomic E-state index is 12.6. The van der Waals surface area contributed by atoms with Crippen molar-refractivity contribution in [1.29, 1.82) is 0 Å². The van der Waals surface area contributed by atoms with Gasteiger partial charge in [0.25, 0.3) is 0 Å². The molecule has 0 saturated carbocycles. The number of aliphatic hydroxyl groups excluding tert-OH is 1. The first-order chi connectivity index (χ1) is 10.8. The Kier molecular flexibility index (Phi) is 4.43. The van der Waals surface area contributed by atoms with E-state index in [1.165, 1.54) is 0 Å². The Labute approximate surface area is 128 Å². The van der Waals surface area contributed by atoms with Gasteiger partial charge in [-0.3, -0.25) is 9.78 Å². The summed E-state index contributed by atoms with van der Waals surface area (Å²) < 4.78 is 5.13. The van der Waals surface area contributed by atoms with Crippen molar-refractivity contribution < 1.29 is 14.4 Å². The highest BCUT2D eigenvalue weighted by atomic mass is 16.5. The first-order valence-electron chi connectivity index (χ1n) is 7.45. The molecule has 1 N–H and O–H groups in total. The molecule has 7 nitrogen and oxygen atoms in total. The van der Waals surface area contributed by atoms with Crippen LogP contribution in [-0.2, 0) is 0 Å². The van der Waals surface area contributed by atoms with Crippen LogP contribution in [-0.4, -0.2) is 50.2 Å². The van der Waals surface area contributed by atoms with Crippen molar-refractivity contribution in [2.75, 3.05) is 13.2 Å². The lowest BCUT2D eigenvalue weighted by Crippen LogP contribution is -2.44. The number of pyridine rings is 1. The van der Waals surface area contributed by atoms with Gasteiger partial charge in [-0.05, 0) is 37.8 Å². The lowest BCUT2D eigenvalue weighted by molar-refractivity contribution is 0.0525. The Morgan fingerprint density at radius 3 is 2.95 bits per heavy atom. The molecule has 3 rings (SSSR count). The number of nitrogens with zero attached hydrogens (tertiary/aromatic N) is 4. The number of aliphatic hydroxyl groups is 1. The van der Waals surface area contributed by atoms with Gasteiger partial charge in [0, 0.05) is 37.2 Å². The molecule has 0 bridgehead atoms. The van der Waals surface area contributed by atoms with Crippen molar-refractivity contribution in [2.45, 2.75) is 31.7 Å². The molecule has 0 radical (unpaired) electrons. The standard InChI is InChI=1S/C15H18N4O3/c20-10-6-12-3-1-2-9-19(12)15(21)14-17-13(18-22-14)11-4-7-16-8-5-11/h4-5,7-8,12,20H,1-3,6,9-10H2. The number of hydrogen-bond donors (Lipinski definition) is 1. The van der Waals surface area contributed by atoms with Gasteiger partial charge >= 0.3 is 11.8 Å². The zero-order valence-electron chi connectivity index (χ0n) is 12.2. The Bertz CT molecular complexity index is 627. The van der Waals surface area contributed by atoms with Gasteiger partial charge in [-0.15, -0.1) is 0 Å². The topological polar surface area (TPSA) is 92.3 Å². The van der Waals surface area contributed by atoms with Crippen molar-refractivity contribution in [1.82, 2.24) is 20.0 Å². The molecule has 1 amide bonds. The first-order valence-corrected chi connectivity index (χ1v) is 7.45. The summed E-state index contributed by atoms with van der Waals surface area (Å²) in [4.78, 5) is 22.4. The van der Waals surface area contributed by atoms with Crippen LogP contribution < -0.4 is 0 Å². The quantitative estimate of drug-likeness (QED) is 0.920. The number of rotatable bonds is 4. The monoisotopic (exact) mass is 302 g/mol. The zero-order chi connectivity index (χ0) is 15.4. The van der Waals surface area contributed by atoms with Crippen molar-refractivity contribution in [3.8, 4) is 11.4 Å². The summed E-state index contributed by atoms with van der Waals surface area (Å²) in [5, 5.41) is 13.0. The molecule has 7 heteroatoms. The molecule has 0 aliphatic carbocycles. The second-order valence-electron chi connectivity index (χ2n) is 5.32. The smallest absolute Gasteiger partial charge is 0.316 e. The van der Waals surface area contributed by atoms with Crippen LogP contribution in [0.4, 0.5) is 0 Å². The normalized spacial score (nSPS) is 18.4. The van der Waals surface area contributed by atoms with Gasteiger partial charge in [0.15, 0.2) is 0 Å². The summed E-state index contributed by atoms with van der Waals surface area (Å²) in [7, 11) is 0. The van der Waals surface area contributed by atoms with E-state index in [-0.39, 0.29) is 24.4 Å². The van der Waals surface area contributed by atoms with Crippen LogP contribution in [0.15, 0.2) is 29.0 Å². The van der Waals surface area contributed by atoms with Gasteiger partial charge in [0.1, 0.15) is 0 Å². The number of piperidine rings is 1. The minimum atomic E-state index is -0.258. The van der Waals surface area contributed by atoms with E-state index >= 15 is 0 Å². The number of carbonyl (C=O) groups is 1. The van der Waals surface area contributed by atoms with Crippen LogP contribution in [0.1, 0.15) is 36.4 Å². The van der Waals surface area contributed by atoms with Gasteiger partial charge in [-0.2, -0.15) is 4.98 Å². The minimum absolute atomic E-state index is 0.00310. The third kappa shape index (κ3) is 2.99. The largest absolute Gasteiger partial charge is 0.396 e.